The third kappa shape index (κ3) is 3.17. The van der Waals surface area contributed by atoms with Crippen molar-refractivity contribution in [3.63, 3.8) is 0 Å². The molecular formula is C16H24ClN3. The van der Waals surface area contributed by atoms with Gasteiger partial charge in [0.2, 0.25) is 0 Å². The van der Waals surface area contributed by atoms with E-state index >= 15 is 0 Å². The third-order valence-electron chi connectivity index (χ3n) is 4.51. The average molecular weight is 294 g/mol. The fraction of sp³-hybridized carbons (Fsp3) is 0.750. The van der Waals surface area contributed by atoms with Gasteiger partial charge < -0.3 is 0 Å². The normalized spacial score (nSPS) is 19.1. The van der Waals surface area contributed by atoms with Crippen LogP contribution in [0.4, 0.5) is 0 Å². The summed E-state index contributed by atoms with van der Waals surface area (Å²) in [5.41, 5.74) is 1.68. The Morgan fingerprint density at radius 1 is 1.25 bits per heavy atom. The highest BCUT2D eigenvalue weighted by atomic mass is 35.5. The molecule has 1 saturated carbocycles. The second-order valence-electron chi connectivity index (χ2n) is 6.00. The van der Waals surface area contributed by atoms with Crippen molar-refractivity contribution in [3.8, 4) is 6.07 Å². The maximum atomic E-state index is 9.76. The number of aryl methyl sites for hydroxylation is 2. The maximum Gasteiger partial charge on any atom is 0.0847 e. The van der Waals surface area contributed by atoms with Crippen LogP contribution in [0.3, 0.4) is 0 Å². The van der Waals surface area contributed by atoms with Gasteiger partial charge in [0.1, 0.15) is 0 Å². The lowest BCUT2D eigenvalue weighted by Gasteiger charge is -2.29. The van der Waals surface area contributed by atoms with Crippen LogP contribution in [-0.4, -0.2) is 9.78 Å². The smallest absolute Gasteiger partial charge is 0.0847 e. The summed E-state index contributed by atoms with van der Waals surface area (Å²) in [6.07, 6.45) is 8.87. The molecule has 0 saturated heterocycles. The molecule has 1 aromatic rings. The standard InChI is InChI=1S/C16H24ClN3/c1-3-20-14(15(17)13(2)19-20)11-16(12-18)9-7-5-4-6-8-10-16/h3-11H2,1-2H3. The molecule has 1 heterocycles. The van der Waals surface area contributed by atoms with Gasteiger partial charge in [-0.15, -0.1) is 0 Å². The highest BCUT2D eigenvalue weighted by molar-refractivity contribution is 6.31. The quantitative estimate of drug-likeness (QED) is 0.813. The zero-order valence-electron chi connectivity index (χ0n) is 12.6. The summed E-state index contributed by atoms with van der Waals surface area (Å²) in [6, 6.07) is 2.62. The fourth-order valence-electron chi connectivity index (χ4n) is 3.27. The second kappa shape index (κ2) is 6.63. The van der Waals surface area contributed by atoms with Crippen LogP contribution < -0.4 is 0 Å². The molecule has 0 spiro atoms. The highest BCUT2D eigenvalue weighted by Crippen LogP contribution is 2.38. The van der Waals surface area contributed by atoms with Gasteiger partial charge in [0.15, 0.2) is 0 Å². The van der Waals surface area contributed by atoms with Crippen molar-refractivity contribution >= 4 is 11.6 Å². The van der Waals surface area contributed by atoms with Crippen molar-refractivity contribution in [3.05, 3.63) is 16.4 Å². The predicted molar refractivity (Wildman–Crippen MR) is 81.7 cm³/mol. The summed E-state index contributed by atoms with van der Waals surface area (Å²) in [5.74, 6) is 0. The molecule has 0 N–H and O–H groups in total. The Morgan fingerprint density at radius 2 is 1.85 bits per heavy atom. The van der Waals surface area contributed by atoms with E-state index in [1.54, 1.807) is 0 Å². The summed E-state index contributed by atoms with van der Waals surface area (Å²) in [5, 5.41) is 15.0. The molecule has 0 radical (unpaired) electrons. The Kier molecular flexibility index (Phi) is 5.10. The van der Waals surface area contributed by atoms with Crippen molar-refractivity contribution < 1.29 is 0 Å². The van der Waals surface area contributed by atoms with Gasteiger partial charge in [-0.05, 0) is 26.7 Å². The van der Waals surface area contributed by atoms with E-state index < -0.39 is 0 Å². The molecule has 0 bridgehead atoms. The van der Waals surface area contributed by atoms with Crippen LogP contribution in [0.2, 0.25) is 5.02 Å². The Labute approximate surface area is 126 Å². The predicted octanol–water partition coefficient (Wildman–Crippen LogP) is 4.66. The highest BCUT2D eigenvalue weighted by Gasteiger charge is 2.33. The van der Waals surface area contributed by atoms with Gasteiger partial charge in [-0.25, -0.2) is 0 Å². The van der Waals surface area contributed by atoms with Gasteiger partial charge in [-0.2, -0.15) is 10.4 Å². The van der Waals surface area contributed by atoms with E-state index in [1.807, 2.05) is 11.6 Å². The summed E-state index contributed by atoms with van der Waals surface area (Å²) in [6.45, 7) is 4.82. The second-order valence-corrected chi connectivity index (χ2v) is 6.38. The summed E-state index contributed by atoms with van der Waals surface area (Å²) >= 11 is 6.41. The minimum atomic E-state index is -0.247. The molecule has 0 atom stereocenters. The van der Waals surface area contributed by atoms with Gasteiger partial charge in [-0.3, -0.25) is 4.68 Å². The Hall–Kier alpha value is -1.01. The molecule has 3 nitrogen and oxygen atoms in total. The van der Waals surface area contributed by atoms with Crippen LogP contribution in [0.25, 0.3) is 0 Å². The minimum Gasteiger partial charge on any atom is -0.268 e. The Balaban J connectivity index is 2.27. The van der Waals surface area contributed by atoms with E-state index in [4.69, 9.17) is 11.6 Å². The van der Waals surface area contributed by atoms with Crippen LogP contribution in [0.5, 0.6) is 0 Å². The van der Waals surface area contributed by atoms with Crippen molar-refractivity contribution in [2.75, 3.05) is 0 Å². The van der Waals surface area contributed by atoms with E-state index in [2.05, 4.69) is 18.1 Å². The Morgan fingerprint density at radius 3 is 2.40 bits per heavy atom. The van der Waals surface area contributed by atoms with E-state index in [1.165, 1.54) is 19.3 Å². The molecule has 0 unspecified atom stereocenters. The summed E-state index contributed by atoms with van der Waals surface area (Å²) < 4.78 is 1.97. The summed E-state index contributed by atoms with van der Waals surface area (Å²) in [4.78, 5) is 0. The molecular weight excluding hydrogens is 270 g/mol. The molecule has 0 aromatic carbocycles. The zero-order valence-corrected chi connectivity index (χ0v) is 13.3. The zero-order chi connectivity index (χ0) is 14.6. The lowest BCUT2D eigenvalue weighted by Crippen LogP contribution is -2.25. The number of aromatic nitrogens is 2. The number of halogens is 1. The first kappa shape index (κ1) is 15.4. The van der Waals surface area contributed by atoms with E-state index in [-0.39, 0.29) is 5.41 Å². The maximum absolute atomic E-state index is 9.76. The van der Waals surface area contributed by atoms with Gasteiger partial charge in [0, 0.05) is 13.0 Å². The van der Waals surface area contributed by atoms with Crippen molar-refractivity contribution in [2.45, 2.75) is 71.8 Å². The topological polar surface area (TPSA) is 41.6 Å². The Bertz CT molecular complexity index is 491. The SMILES string of the molecule is CCn1nc(C)c(Cl)c1CC1(C#N)CCCCCCC1. The van der Waals surface area contributed by atoms with Gasteiger partial charge in [-0.1, -0.05) is 43.7 Å². The third-order valence-corrected chi connectivity index (χ3v) is 5.00. The molecule has 0 aliphatic heterocycles. The largest absolute Gasteiger partial charge is 0.268 e. The molecule has 4 heteroatoms. The molecule has 1 aliphatic rings. The van der Waals surface area contributed by atoms with E-state index in [0.717, 1.165) is 55.1 Å². The van der Waals surface area contributed by atoms with Crippen molar-refractivity contribution in [2.24, 2.45) is 5.41 Å². The number of hydrogen-bond acceptors (Lipinski definition) is 2. The molecule has 1 aliphatic carbocycles. The van der Waals surface area contributed by atoms with Gasteiger partial charge >= 0.3 is 0 Å². The monoisotopic (exact) mass is 293 g/mol. The first-order valence-electron chi connectivity index (χ1n) is 7.75. The lowest BCUT2D eigenvalue weighted by atomic mass is 9.74. The van der Waals surface area contributed by atoms with E-state index in [0.29, 0.717) is 0 Å². The van der Waals surface area contributed by atoms with E-state index in [9.17, 15) is 5.26 Å². The molecule has 110 valence electrons. The minimum absolute atomic E-state index is 0.247. The lowest BCUT2D eigenvalue weighted by molar-refractivity contribution is 0.281. The summed E-state index contributed by atoms with van der Waals surface area (Å²) in [7, 11) is 0. The molecule has 1 fully saturated rings. The molecule has 1 aromatic heterocycles. The number of hydrogen-bond donors (Lipinski definition) is 0. The molecule has 0 amide bonds. The van der Waals surface area contributed by atoms with Crippen LogP contribution in [0.1, 0.15) is 63.3 Å². The van der Waals surface area contributed by atoms with Crippen LogP contribution >= 0.6 is 11.6 Å². The molecule has 2 rings (SSSR count). The van der Waals surface area contributed by atoms with Crippen molar-refractivity contribution in [1.82, 2.24) is 9.78 Å². The van der Waals surface area contributed by atoms with Crippen LogP contribution in [-0.2, 0) is 13.0 Å². The van der Waals surface area contributed by atoms with Crippen LogP contribution in [0, 0.1) is 23.7 Å². The van der Waals surface area contributed by atoms with Crippen LogP contribution in [0.15, 0.2) is 0 Å². The van der Waals surface area contributed by atoms with Gasteiger partial charge in [0.25, 0.3) is 0 Å². The van der Waals surface area contributed by atoms with Gasteiger partial charge in [0.05, 0.1) is 27.9 Å². The first-order chi connectivity index (χ1) is 9.62. The first-order valence-corrected chi connectivity index (χ1v) is 8.13. The number of rotatable bonds is 3. The number of nitrogens with zero attached hydrogens (tertiary/aromatic N) is 3. The average Bonchev–Trinajstić information content (AvgIpc) is 2.69. The number of nitriles is 1. The van der Waals surface area contributed by atoms with Crippen molar-refractivity contribution in [1.29, 1.82) is 5.26 Å². The fourth-order valence-corrected chi connectivity index (χ4v) is 3.47. The molecule has 20 heavy (non-hydrogen) atoms.